The van der Waals surface area contributed by atoms with Crippen molar-refractivity contribution in [3.8, 4) is 0 Å². The third kappa shape index (κ3) is 2.48. The van der Waals surface area contributed by atoms with Crippen LogP contribution in [0.15, 0.2) is 24.3 Å². The minimum Gasteiger partial charge on any atom is -0.457 e. The minimum absolute atomic E-state index is 0.0533. The van der Waals surface area contributed by atoms with Crippen molar-refractivity contribution in [2.45, 2.75) is 51.2 Å². The monoisotopic (exact) mass is 276 g/mol. The summed E-state index contributed by atoms with van der Waals surface area (Å²) in [6.45, 7) is 7.01. The largest absolute Gasteiger partial charge is 0.457 e. The Kier molecular flexibility index (Phi) is 3.46. The van der Waals surface area contributed by atoms with Crippen LogP contribution < -0.4 is 0 Å². The van der Waals surface area contributed by atoms with Crippen molar-refractivity contribution in [3.05, 3.63) is 35.4 Å². The first-order chi connectivity index (χ1) is 9.15. The maximum Gasteiger partial charge on any atom is 0.346 e. The van der Waals surface area contributed by atoms with Gasteiger partial charge in [-0.3, -0.25) is 4.79 Å². The SMILES string of the molecule is C[C@H]1C[C@@](O)(C(=O)OC(C)(C)C)C(=O)c2ccccc21. The van der Waals surface area contributed by atoms with E-state index in [-0.39, 0.29) is 12.3 Å². The Morgan fingerprint density at radius 1 is 1.35 bits per heavy atom. The zero-order chi connectivity index (χ0) is 15.1. The molecule has 0 aliphatic heterocycles. The van der Waals surface area contributed by atoms with Crippen LogP contribution in [0.25, 0.3) is 0 Å². The Hall–Kier alpha value is -1.68. The average molecular weight is 276 g/mol. The first-order valence-electron chi connectivity index (χ1n) is 6.75. The average Bonchev–Trinajstić information content (AvgIpc) is 2.34. The zero-order valence-electron chi connectivity index (χ0n) is 12.3. The van der Waals surface area contributed by atoms with Gasteiger partial charge >= 0.3 is 5.97 Å². The molecule has 1 N–H and O–H groups in total. The Labute approximate surface area is 118 Å². The molecule has 108 valence electrons. The number of rotatable bonds is 1. The number of fused-ring (bicyclic) bond motifs is 1. The maximum absolute atomic E-state index is 12.5. The maximum atomic E-state index is 12.5. The number of benzene rings is 1. The molecule has 2 atom stereocenters. The Balaban J connectivity index is 2.40. The molecule has 1 aliphatic rings. The number of hydrogen-bond acceptors (Lipinski definition) is 4. The van der Waals surface area contributed by atoms with E-state index < -0.39 is 23.0 Å². The second-order valence-corrected chi connectivity index (χ2v) is 6.38. The van der Waals surface area contributed by atoms with Crippen molar-refractivity contribution in [1.82, 2.24) is 0 Å². The molecule has 0 amide bonds. The fourth-order valence-corrected chi connectivity index (χ4v) is 2.54. The summed E-state index contributed by atoms with van der Waals surface area (Å²) in [4.78, 5) is 24.7. The van der Waals surface area contributed by atoms with E-state index in [4.69, 9.17) is 4.74 Å². The van der Waals surface area contributed by atoms with Gasteiger partial charge in [-0.15, -0.1) is 0 Å². The Bertz CT molecular complexity index is 556. The highest BCUT2D eigenvalue weighted by atomic mass is 16.6. The lowest BCUT2D eigenvalue weighted by atomic mass is 9.74. The first-order valence-corrected chi connectivity index (χ1v) is 6.75. The van der Waals surface area contributed by atoms with Crippen LogP contribution in [0.1, 0.15) is 56.0 Å². The fraction of sp³-hybridized carbons (Fsp3) is 0.500. The summed E-state index contributed by atoms with van der Waals surface area (Å²) < 4.78 is 5.20. The summed E-state index contributed by atoms with van der Waals surface area (Å²) in [5.74, 6) is -1.52. The molecule has 1 aliphatic carbocycles. The van der Waals surface area contributed by atoms with E-state index in [1.165, 1.54) is 0 Å². The smallest absolute Gasteiger partial charge is 0.346 e. The van der Waals surface area contributed by atoms with Crippen LogP contribution in [0.3, 0.4) is 0 Å². The summed E-state index contributed by atoms with van der Waals surface area (Å²) in [7, 11) is 0. The zero-order valence-corrected chi connectivity index (χ0v) is 12.3. The van der Waals surface area contributed by atoms with Crippen molar-refractivity contribution < 1.29 is 19.4 Å². The number of ether oxygens (including phenoxy) is 1. The molecule has 2 rings (SSSR count). The molecule has 0 saturated heterocycles. The molecule has 1 aromatic rings. The van der Waals surface area contributed by atoms with Gasteiger partial charge in [0, 0.05) is 12.0 Å². The number of carbonyl (C=O) groups excluding carboxylic acids is 2. The number of aliphatic hydroxyl groups is 1. The molecule has 0 fully saturated rings. The standard InChI is InChI=1S/C16H20O4/c1-10-9-16(19,14(18)20-15(2,3)4)13(17)12-8-6-5-7-11(10)12/h5-8,10,19H,9H2,1-4H3/t10-,16-/m0/s1. The van der Waals surface area contributed by atoms with Gasteiger partial charge in [0.2, 0.25) is 11.4 Å². The van der Waals surface area contributed by atoms with E-state index in [0.29, 0.717) is 5.56 Å². The molecule has 1 aromatic carbocycles. The van der Waals surface area contributed by atoms with Crippen LogP contribution in [0.5, 0.6) is 0 Å². The molecule has 0 radical (unpaired) electrons. The number of ketones is 1. The lowest BCUT2D eigenvalue weighted by Crippen LogP contribution is -2.52. The van der Waals surface area contributed by atoms with E-state index in [0.717, 1.165) is 5.56 Å². The van der Waals surface area contributed by atoms with E-state index in [2.05, 4.69) is 0 Å². The van der Waals surface area contributed by atoms with Crippen molar-refractivity contribution in [3.63, 3.8) is 0 Å². The number of carbonyl (C=O) groups is 2. The van der Waals surface area contributed by atoms with Crippen LogP contribution in [-0.2, 0) is 9.53 Å². The van der Waals surface area contributed by atoms with Crippen LogP contribution in [-0.4, -0.2) is 28.1 Å². The molecule has 20 heavy (non-hydrogen) atoms. The highest BCUT2D eigenvalue weighted by Crippen LogP contribution is 2.38. The third-order valence-electron chi connectivity index (χ3n) is 3.45. The van der Waals surface area contributed by atoms with Gasteiger partial charge in [0.05, 0.1) is 0 Å². The summed E-state index contributed by atoms with van der Waals surface area (Å²) in [5, 5.41) is 10.6. The van der Waals surface area contributed by atoms with Crippen LogP contribution in [0.2, 0.25) is 0 Å². The van der Waals surface area contributed by atoms with Crippen LogP contribution in [0, 0.1) is 0 Å². The van der Waals surface area contributed by atoms with Crippen molar-refractivity contribution in [2.24, 2.45) is 0 Å². The van der Waals surface area contributed by atoms with Crippen molar-refractivity contribution in [1.29, 1.82) is 0 Å². The van der Waals surface area contributed by atoms with Gasteiger partial charge < -0.3 is 9.84 Å². The predicted octanol–water partition coefficient (Wildman–Crippen LogP) is 2.45. The van der Waals surface area contributed by atoms with Crippen molar-refractivity contribution >= 4 is 11.8 Å². The second kappa shape index (κ2) is 4.70. The Morgan fingerprint density at radius 3 is 2.55 bits per heavy atom. The van der Waals surface area contributed by atoms with Crippen LogP contribution in [0.4, 0.5) is 0 Å². The molecule has 0 unspecified atom stereocenters. The molecule has 0 heterocycles. The second-order valence-electron chi connectivity index (χ2n) is 6.38. The van der Waals surface area contributed by atoms with Gasteiger partial charge in [-0.05, 0) is 32.3 Å². The van der Waals surface area contributed by atoms with Crippen molar-refractivity contribution in [2.75, 3.05) is 0 Å². The lowest BCUT2D eigenvalue weighted by Gasteiger charge is -2.35. The summed E-state index contributed by atoms with van der Waals surface area (Å²) in [5.41, 5.74) is -1.56. The fourth-order valence-electron chi connectivity index (χ4n) is 2.54. The molecule has 0 aromatic heterocycles. The van der Waals surface area contributed by atoms with Gasteiger partial charge in [0.25, 0.3) is 0 Å². The highest BCUT2D eigenvalue weighted by Gasteiger charge is 2.51. The molecule has 0 bridgehead atoms. The van der Waals surface area contributed by atoms with E-state index in [1.54, 1.807) is 32.9 Å². The number of hydrogen-bond donors (Lipinski definition) is 1. The lowest BCUT2D eigenvalue weighted by molar-refractivity contribution is -0.173. The molecule has 4 heteroatoms. The summed E-state index contributed by atoms with van der Waals surface area (Å²) in [6, 6.07) is 7.07. The highest BCUT2D eigenvalue weighted by molar-refractivity contribution is 6.17. The van der Waals surface area contributed by atoms with Gasteiger partial charge in [-0.25, -0.2) is 4.79 Å². The van der Waals surface area contributed by atoms with E-state index in [9.17, 15) is 14.7 Å². The molecule has 0 saturated carbocycles. The topological polar surface area (TPSA) is 63.6 Å². The van der Waals surface area contributed by atoms with Gasteiger partial charge in [0.15, 0.2) is 0 Å². The summed E-state index contributed by atoms with van der Waals surface area (Å²) >= 11 is 0. The molecular weight excluding hydrogens is 256 g/mol. The molecule has 0 spiro atoms. The summed E-state index contributed by atoms with van der Waals surface area (Å²) in [6.07, 6.45) is 0.0533. The predicted molar refractivity (Wildman–Crippen MR) is 74.6 cm³/mol. The minimum atomic E-state index is -2.08. The quantitative estimate of drug-likeness (QED) is 0.632. The number of Topliss-reactive ketones (excluding diaryl/α,β-unsaturated/α-hetero) is 1. The molecule has 4 nitrogen and oxygen atoms in total. The van der Waals surface area contributed by atoms with E-state index >= 15 is 0 Å². The van der Waals surface area contributed by atoms with Crippen LogP contribution >= 0.6 is 0 Å². The molecular formula is C16H20O4. The first kappa shape index (κ1) is 14.7. The van der Waals surface area contributed by atoms with Gasteiger partial charge in [-0.2, -0.15) is 0 Å². The third-order valence-corrected chi connectivity index (χ3v) is 3.45. The van der Waals surface area contributed by atoms with Gasteiger partial charge in [0.1, 0.15) is 5.60 Å². The van der Waals surface area contributed by atoms with E-state index in [1.807, 2.05) is 19.1 Å². The normalized spacial score (nSPS) is 26.1. The Morgan fingerprint density at radius 2 is 1.95 bits per heavy atom. The van der Waals surface area contributed by atoms with Gasteiger partial charge in [-0.1, -0.05) is 31.2 Å². The number of esters is 1.